The summed E-state index contributed by atoms with van der Waals surface area (Å²) in [5, 5.41) is 8.51. The fourth-order valence-electron chi connectivity index (χ4n) is 5.95. The molecule has 2 aromatic carbocycles. The van der Waals surface area contributed by atoms with E-state index in [9.17, 15) is 0 Å². The minimum atomic E-state index is -0.276. The van der Waals surface area contributed by atoms with E-state index in [0.29, 0.717) is 28.1 Å². The van der Waals surface area contributed by atoms with Crippen LogP contribution in [0.25, 0.3) is 0 Å². The van der Waals surface area contributed by atoms with Gasteiger partial charge in [-0.05, 0) is 112 Å². The van der Waals surface area contributed by atoms with Gasteiger partial charge in [-0.1, -0.05) is 43.8 Å². The predicted octanol–water partition coefficient (Wildman–Crippen LogP) is 7.36. The Morgan fingerprint density at radius 2 is 1.74 bits per heavy atom. The van der Waals surface area contributed by atoms with Crippen molar-refractivity contribution >= 4 is 48.0 Å². The van der Waals surface area contributed by atoms with E-state index < -0.39 is 0 Å². The summed E-state index contributed by atoms with van der Waals surface area (Å²) >= 11 is 6.47. The van der Waals surface area contributed by atoms with Crippen molar-refractivity contribution in [2.24, 2.45) is 5.41 Å². The quantitative estimate of drug-likeness (QED) is 0.299. The minimum absolute atomic E-state index is 0.276. The van der Waals surface area contributed by atoms with E-state index in [2.05, 4.69) is 82.3 Å². The van der Waals surface area contributed by atoms with Crippen molar-refractivity contribution in [3.05, 3.63) is 59.2 Å². The Morgan fingerprint density at radius 3 is 2.45 bits per heavy atom. The van der Waals surface area contributed by atoms with Crippen LogP contribution < -0.4 is 20.7 Å². The number of hydrogen-bond donors (Lipinski definition) is 2. The molecule has 0 amide bonds. The summed E-state index contributed by atoms with van der Waals surface area (Å²) in [6.07, 6.45) is 9.52. The second kappa shape index (κ2) is 11.8. The summed E-state index contributed by atoms with van der Waals surface area (Å²) in [4.78, 5) is 11.6. The zero-order chi connectivity index (χ0) is 26.7. The van der Waals surface area contributed by atoms with Crippen LogP contribution in [0.15, 0.2) is 48.7 Å². The van der Waals surface area contributed by atoms with Crippen LogP contribution in [0.2, 0.25) is 5.02 Å². The van der Waals surface area contributed by atoms with Crippen molar-refractivity contribution in [3.8, 4) is 5.75 Å². The molecule has 0 radical (unpaired) electrons. The molecule has 0 bridgehead atoms. The van der Waals surface area contributed by atoms with E-state index in [-0.39, 0.29) is 7.92 Å². The Kier molecular flexibility index (Phi) is 8.42. The summed E-state index contributed by atoms with van der Waals surface area (Å²) in [6, 6.07) is 14.8. The number of nitrogens with one attached hydrogen (secondary N) is 2. The van der Waals surface area contributed by atoms with Crippen LogP contribution in [0.5, 0.6) is 5.75 Å². The second-order valence-corrected chi connectivity index (χ2v) is 13.8. The molecule has 3 aromatic rings. The van der Waals surface area contributed by atoms with Crippen LogP contribution >= 0.6 is 19.5 Å². The number of halogens is 1. The maximum absolute atomic E-state index is 6.47. The van der Waals surface area contributed by atoms with Gasteiger partial charge in [-0.3, -0.25) is 0 Å². The van der Waals surface area contributed by atoms with Crippen LogP contribution in [0.1, 0.15) is 50.0 Å². The smallest absolute Gasteiger partial charge is 0.229 e. The van der Waals surface area contributed by atoms with E-state index in [1.54, 1.807) is 13.3 Å². The molecule has 8 heteroatoms. The summed E-state index contributed by atoms with van der Waals surface area (Å²) in [5.74, 6) is 2.45. The zero-order valence-corrected chi connectivity index (χ0v) is 24.6. The van der Waals surface area contributed by atoms with Gasteiger partial charge in [-0.2, -0.15) is 4.98 Å². The van der Waals surface area contributed by atoms with E-state index in [0.717, 1.165) is 17.1 Å². The molecule has 0 atom stereocenters. The third-order valence-corrected chi connectivity index (χ3v) is 10.1. The molecule has 1 aromatic heterocycles. The fraction of sp³-hybridized carbons (Fsp3) is 0.467. The lowest BCUT2D eigenvalue weighted by Gasteiger charge is -2.45. The number of para-hydroxylation sites is 1. The van der Waals surface area contributed by atoms with Crippen molar-refractivity contribution in [1.82, 2.24) is 14.9 Å². The number of ether oxygens (including phenoxy) is 1. The monoisotopic (exact) mass is 551 g/mol. The topological polar surface area (TPSA) is 62.3 Å². The molecular weight excluding hydrogens is 513 g/mol. The van der Waals surface area contributed by atoms with Gasteiger partial charge in [-0.15, -0.1) is 0 Å². The molecule has 6 nitrogen and oxygen atoms in total. The Hall–Kier alpha value is -2.40. The highest BCUT2D eigenvalue weighted by Gasteiger charge is 2.37. The van der Waals surface area contributed by atoms with Crippen molar-refractivity contribution in [3.63, 3.8) is 0 Å². The molecule has 5 rings (SSSR count). The first-order valence-corrected chi connectivity index (χ1v) is 16.2. The van der Waals surface area contributed by atoms with Gasteiger partial charge in [-0.25, -0.2) is 4.98 Å². The summed E-state index contributed by atoms with van der Waals surface area (Å²) in [7, 11) is 3.69. The molecule has 0 unspecified atom stereocenters. The number of anilines is 4. The Labute approximate surface area is 233 Å². The number of hydrogen-bond acceptors (Lipinski definition) is 6. The van der Waals surface area contributed by atoms with Gasteiger partial charge >= 0.3 is 0 Å². The van der Waals surface area contributed by atoms with E-state index in [1.165, 1.54) is 62.5 Å². The maximum Gasteiger partial charge on any atom is 0.229 e. The van der Waals surface area contributed by atoms with Crippen molar-refractivity contribution in [2.75, 3.05) is 51.2 Å². The van der Waals surface area contributed by atoms with Crippen LogP contribution in [0, 0.1) is 5.41 Å². The average molecular weight is 552 g/mol. The van der Waals surface area contributed by atoms with Crippen LogP contribution in [0.3, 0.4) is 0 Å². The minimum Gasteiger partial charge on any atom is -0.495 e. The first-order valence-electron chi connectivity index (χ1n) is 13.6. The molecule has 202 valence electrons. The molecular formula is C30H39ClN5OP. The number of rotatable bonds is 7. The van der Waals surface area contributed by atoms with E-state index in [1.807, 2.05) is 6.07 Å². The van der Waals surface area contributed by atoms with Crippen LogP contribution in [0.4, 0.5) is 23.1 Å². The van der Waals surface area contributed by atoms with E-state index >= 15 is 0 Å². The fourth-order valence-corrected chi connectivity index (χ4v) is 7.09. The number of piperidine rings is 1. The van der Waals surface area contributed by atoms with Gasteiger partial charge in [0, 0.05) is 5.69 Å². The maximum atomic E-state index is 6.47. The lowest BCUT2D eigenvalue weighted by atomic mass is 9.64. The molecule has 2 heterocycles. The largest absolute Gasteiger partial charge is 0.495 e. The SMILES string of the molecule is COc1cc(C2CCC3(CC2)CCN(C)CC3)ccc1Nc1ncc(Cl)c(Nc2ccccc2P(C)C)n1. The van der Waals surface area contributed by atoms with Gasteiger partial charge in [0.1, 0.15) is 10.8 Å². The van der Waals surface area contributed by atoms with Crippen LogP contribution in [-0.2, 0) is 0 Å². The highest BCUT2D eigenvalue weighted by atomic mass is 35.5. The molecule has 1 saturated heterocycles. The third kappa shape index (κ3) is 6.09. The lowest BCUT2D eigenvalue weighted by Crippen LogP contribution is -2.39. The number of aromatic nitrogens is 2. The third-order valence-electron chi connectivity index (χ3n) is 8.42. The normalized spacial score (nSPS) is 18.1. The van der Waals surface area contributed by atoms with Gasteiger partial charge in [0.15, 0.2) is 5.82 Å². The highest BCUT2D eigenvalue weighted by molar-refractivity contribution is 7.64. The Balaban J connectivity index is 1.29. The molecule has 2 N–H and O–H groups in total. The molecule has 1 saturated carbocycles. The highest BCUT2D eigenvalue weighted by Crippen LogP contribution is 2.49. The number of benzene rings is 2. The molecule has 1 aliphatic carbocycles. The summed E-state index contributed by atoms with van der Waals surface area (Å²) in [5.41, 5.74) is 3.80. The molecule has 2 aliphatic rings. The first-order chi connectivity index (χ1) is 18.4. The van der Waals surface area contributed by atoms with Crippen molar-refractivity contribution in [1.29, 1.82) is 0 Å². The lowest BCUT2D eigenvalue weighted by molar-refractivity contribution is 0.0741. The van der Waals surface area contributed by atoms with Crippen LogP contribution in [-0.4, -0.2) is 55.4 Å². The Morgan fingerprint density at radius 1 is 1.00 bits per heavy atom. The average Bonchev–Trinajstić information content (AvgIpc) is 2.93. The van der Waals surface area contributed by atoms with Crippen molar-refractivity contribution < 1.29 is 4.74 Å². The predicted molar refractivity (Wildman–Crippen MR) is 162 cm³/mol. The zero-order valence-electron chi connectivity index (χ0n) is 22.9. The van der Waals surface area contributed by atoms with Gasteiger partial charge in [0.05, 0.1) is 19.0 Å². The van der Waals surface area contributed by atoms with Gasteiger partial charge < -0.3 is 20.3 Å². The first kappa shape index (κ1) is 27.2. The second-order valence-electron chi connectivity index (χ2n) is 11.1. The number of methoxy groups -OCH3 is 1. The molecule has 1 aliphatic heterocycles. The van der Waals surface area contributed by atoms with Gasteiger partial charge in [0.2, 0.25) is 5.95 Å². The van der Waals surface area contributed by atoms with E-state index in [4.69, 9.17) is 16.3 Å². The number of nitrogens with zero attached hydrogens (tertiary/aromatic N) is 3. The van der Waals surface area contributed by atoms with Gasteiger partial charge in [0.25, 0.3) is 0 Å². The standard InChI is InChI=1S/C30H39ClN5OP/c1-36-17-15-30(16-18-36)13-11-21(12-14-30)22-9-10-24(26(19-22)37-2)34-29-32-20-23(31)28(35-29)33-25-7-5-6-8-27(25)38(3)4/h5-10,19-21H,11-18H2,1-4H3,(H2,32,33,34,35). The molecule has 38 heavy (non-hydrogen) atoms. The summed E-state index contributed by atoms with van der Waals surface area (Å²) < 4.78 is 5.80. The Bertz CT molecular complexity index is 1250. The molecule has 1 spiro atoms. The molecule has 2 fully saturated rings. The summed E-state index contributed by atoms with van der Waals surface area (Å²) in [6.45, 7) is 6.96. The van der Waals surface area contributed by atoms with Crippen molar-refractivity contribution in [2.45, 2.75) is 44.4 Å². The number of likely N-dealkylation sites (tertiary alicyclic amines) is 1.